The van der Waals surface area contributed by atoms with Crippen molar-refractivity contribution in [1.29, 1.82) is 0 Å². The highest BCUT2D eigenvalue weighted by Gasteiger charge is 2.20. The summed E-state index contributed by atoms with van der Waals surface area (Å²) in [6, 6.07) is 17.2. The van der Waals surface area contributed by atoms with Crippen LogP contribution in [0.5, 0.6) is 0 Å². The van der Waals surface area contributed by atoms with Gasteiger partial charge in [0.1, 0.15) is 7.05 Å². The lowest BCUT2D eigenvalue weighted by molar-refractivity contribution is -0.617. The fraction of sp³-hybridized carbons (Fsp3) is 0.417. The molecule has 0 aliphatic heterocycles. The third-order valence-corrected chi connectivity index (χ3v) is 5.59. The Morgan fingerprint density at radius 1 is 0.897 bits per heavy atom. The van der Waals surface area contributed by atoms with Gasteiger partial charge in [0.25, 0.3) is 0 Å². The summed E-state index contributed by atoms with van der Waals surface area (Å²) in [5.41, 5.74) is 3.49. The van der Waals surface area contributed by atoms with E-state index in [2.05, 4.69) is 99.0 Å². The highest BCUT2D eigenvalue weighted by molar-refractivity contribution is 8.13. The molecule has 0 atom stereocenters. The molecule has 0 aliphatic rings. The van der Waals surface area contributed by atoms with E-state index in [1.165, 1.54) is 21.8 Å². The summed E-state index contributed by atoms with van der Waals surface area (Å²) in [5.74, 6) is 1.19. The van der Waals surface area contributed by atoms with Crippen molar-refractivity contribution in [3.8, 4) is 0 Å². The molecule has 1 heterocycles. The smallest absolute Gasteiger partial charge is 0.214 e. The number of aliphatic imine (C=N–C) groups is 1. The largest absolute Gasteiger partial charge is 1.00 e. The SMILES string of the molecule is CSC(=Nc1c2ccccc2[n+](C)c2ccccc12)N(CC(C)C)CC(C)C.[I-]. The first kappa shape index (κ1) is 23.9. The molecule has 0 unspecified atom stereocenters. The number of pyridine rings is 1. The van der Waals surface area contributed by atoms with Gasteiger partial charge in [0, 0.05) is 25.2 Å². The number of halogens is 1. The number of hydrogen-bond acceptors (Lipinski definition) is 2. The minimum Gasteiger partial charge on any atom is -1.00 e. The molecule has 3 aromatic rings. The van der Waals surface area contributed by atoms with Gasteiger partial charge in [-0.2, -0.15) is 4.57 Å². The van der Waals surface area contributed by atoms with Crippen molar-refractivity contribution in [1.82, 2.24) is 4.90 Å². The van der Waals surface area contributed by atoms with Crippen LogP contribution in [0.15, 0.2) is 53.5 Å². The number of nitrogens with zero attached hydrogens (tertiary/aromatic N) is 3. The van der Waals surface area contributed by atoms with E-state index >= 15 is 0 Å². The van der Waals surface area contributed by atoms with Crippen LogP contribution in [0.1, 0.15) is 27.7 Å². The molecule has 5 heteroatoms. The number of amidine groups is 1. The maximum absolute atomic E-state index is 5.27. The van der Waals surface area contributed by atoms with Gasteiger partial charge in [0.2, 0.25) is 11.0 Å². The number of para-hydroxylation sites is 2. The van der Waals surface area contributed by atoms with Crippen molar-refractivity contribution in [3.05, 3.63) is 48.5 Å². The Kier molecular flexibility index (Phi) is 8.76. The highest BCUT2D eigenvalue weighted by atomic mass is 127. The van der Waals surface area contributed by atoms with Crippen LogP contribution in [0.4, 0.5) is 5.69 Å². The summed E-state index contributed by atoms with van der Waals surface area (Å²) in [6.45, 7) is 11.1. The van der Waals surface area contributed by atoms with Crippen LogP contribution >= 0.6 is 11.8 Å². The van der Waals surface area contributed by atoms with Gasteiger partial charge >= 0.3 is 0 Å². The maximum atomic E-state index is 5.27. The topological polar surface area (TPSA) is 19.5 Å². The molecule has 0 bridgehead atoms. The van der Waals surface area contributed by atoms with E-state index in [0.717, 1.165) is 23.9 Å². The first-order valence-electron chi connectivity index (χ1n) is 10.1. The summed E-state index contributed by atoms with van der Waals surface area (Å²) in [5, 5.41) is 3.50. The van der Waals surface area contributed by atoms with E-state index in [4.69, 9.17) is 4.99 Å². The van der Waals surface area contributed by atoms with Gasteiger partial charge in [-0.1, -0.05) is 63.7 Å². The Hall–Kier alpha value is -1.34. The Balaban J connectivity index is 0.00000300. The molecular weight excluding hydrogens is 489 g/mol. The molecule has 0 spiro atoms. The van der Waals surface area contributed by atoms with E-state index in [9.17, 15) is 0 Å². The Bertz CT molecular complexity index is 931. The van der Waals surface area contributed by atoms with Crippen LogP contribution in [-0.2, 0) is 7.05 Å². The summed E-state index contributed by atoms with van der Waals surface area (Å²) in [6.07, 6.45) is 2.14. The molecule has 0 amide bonds. The molecule has 0 radical (unpaired) electrons. The Morgan fingerprint density at radius 2 is 1.34 bits per heavy atom. The standard InChI is InChI=1S/C24H32N3S.HI/c1-17(2)15-27(16-18(3)4)24(28-6)25-23-19-11-7-9-13-21(19)26(5)22-14-10-8-12-20(22)23;/h7-14,17-18H,15-16H2,1-6H3;1H/q+1;/p-1. The van der Waals surface area contributed by atoms with Crippen molar-refractivity contribution in [3.63, 3.8) is 0 Å². The second kappa shape index (κ2) is 10.6. The number of benzene rings is 2. The molecule has 156 valence electrons. The first-order chi connectivity index (χ1) is 13.4. The maximum Gasteiger partial charge on any atom is 0.214 e. The van der Waals surface area contributed by atoms with Crippen LogP contribution in [0, 0.1) is 11.8 Å². The van der Waals surface area contributed by atoms with E-state index in [1.54, 1.807) is 11.8 Å². The van der Waals surface area contributed by atoms with E-state index in [-0.39, 0.29) is 24.0 Å². The average molecular weight is 522 g/mol. The van der Waals surface area contributed by atoms with Gasteiger partial charge in [-0.25, -0.2) is 4.99 Å². The lowest BCUT2D eigenvalue weighted by atomic mass is 10.1. The lowest BCUT2D eigenvalue weighted by Crippen LogP contribution is -3.00. The number of rotatable bonds is 5. The van der Waals surface area contributed by atoms with Gasteiger partial charge in [-0.05, 0) is 30.2 Å². The highest BCUT2D eigenvalue weighted by Crippen LogP contribution is 2.33. The molecule has 3 rings (SSSR count). The number of fused-ring (bicyclic) bond motifs is 2. The van der Waals surface area contributed by atoms with Crippen molar-refractivity contribution >= 4 is 44.4 Å². The normalized spacial score (nSPS) is 12.1. The van der Waals surface area contributed by atoms with Gasteiger partial charge in [-0.3, -0.25) is 0 Å². The monoisotopic (exact) mass is 521 g/mol. The number of aromatic nitrogens is 1. The van der Waals surface area contributed by atoms with Gasteiger partial charge in [-0.15, -0.1) is 0 Å². The predicted molar refractivity (Wildman–Crippen MR) is 124 cm³/mol. The lowest BCUT2D eigenvalue weighted by Gasteiger charge is -2.28. The van der Waals surface area contributed by atoms with E-state index in [1.807, 2.05) is 0 Å². The second-order valence-electron chi connectivity index (χ2n) is 8.23. The molecule has 0 saturated heterocycles. The summed E-state index contributed by atoms with van der Waals surface area (Å²) in [7, 11) is 2.14. The zero-order valence-corrected chi connectivity index (χ0v) is 21.3. The van der Waals surface area contributed by atoms with Crippen molar-refractivity contribution in [2.75, 3.05) is 19.3 Å². The zero-order valence-electron chi connectivity index (χ0n) is 18.3. The van der Waals surface area contributed by atoms with Crippen LogP contribution in [0.2, 0.25) is 0 Å². The molecule has 0 saturated carbocycles. The molecule has 0 N–H and O–H groups in total. The fourth-order valence-electron chi connectivity index (χ4n) is 3.78. The zero-order chi connectivity index (χ0) is 20.3. The van der Waals surface area contributed by atoms with Crippen LogP contribution < -0.4 is 28.5 Å². The molecule has 1 aromatic heterocycles. The molecule has 0 fully saturated rings. The predicted octanol–water partition coefficient (Wildman–Crippen LogP) is 2.79. The Labute approximate surface area is 196 Å². The minimum absolute atomic E-state index is 0. The summed E-state index contributed by atoms with van der Waals surface area (Å²) >= 11 is 1.75. The molecule has 3 nitrogen and oxygen atoms in total. The third-order valence-electron chi connectivity index (χ3n) is 4.87. The van der Waals surface area contributed by atoms with Gasteiger partial charge in [0.05, 0.1) is 16.5 Å². The molecule has 0 aliphatic carbocycles. The number of thioether (sulfide) groups is 1. The minimum atomic E-state index is 0. The van der Waals surface area contributed by atoms with Crippen LogP contribution in [0.25, 0.3) is 21.8 Å². The summed E-state index contributed by atoms with van der Waals surface area (Å²) < 4.78 is 2.27. The van der Waals surface area contributed by atoms with E-state index < -0.39 is 0 Å². The number of aryl methyl sites for hydroxylation is 1. The number of hydrogen-bond donors (Lipinski definition) is 0. The van der Waals surface area contributed by atoms with Gasteiger partial charge < -0.3 is 28.9 Å². The van der Waals surface area contributed by atoms with Crippen LogP contribution in [0.3, 0.4) is 0 Å². The first-order valence-corrected chi connectivity index (χ1v) is 11.3. The third kappa shape index (κ3) is 5.43. The molecular formula is C24H32IN3S. The second-order valence-corrected chi connectivity index (χ2v) is 9.01. The summed E-state index contributed by atoms with van der Waals surface area (Å²) in [4.78, 5) is 7.73. The quantitative estimate of drug-likeness (QED) is 0.169. The Morgan fingerprint density at radius 3 is 1.76 bits per heavy atom. The molecule has 29 heavy (non-hydrogen) atoms. The van der Waals surface area contributed by atoms with Crippen LogP contribution in [-0.4, -0.2) is 29.4 Å². The van der Waals surface area contributed by atoms with E-state index in [0.29, 0.717) is 11.8 Å². The fourth-order valence-corrected chi connectivity index (χ4v) is 4.37. The van der Waals surface area contributed by atoms with Crippen molar-refractivity contribution < 1.29 is 28.5 Å². The van der Waals surface area contributed by atoms with Crippen molar-refractivity contribution in [2.45, 2.75) is 27.7 Å². The average Bonchev–Trinajstić information content (AvgIpc) is 2.67. The van der Waals surface area contributed by atoms with Crippen molar-refractivity contribution in [2.24, 2.45) is 23.9 Å². The molecule has 2 aromatic carbocycles. The van der Waals surface area contributed by atoms with Gasteiger partial charge in [0.15, 0.2) is 5.17 Å².